The molecule has 1 rings (SSSR count). The second kappa shape index (κ2) is 9.60. The third-order valence-electron chi connectivity index (χ3n) is 2.57. The van der Waals surface area contributed by atoms with Gasteiger partial charge in [0.15, 0.2) is 0 Å². The van der Waals surface area contributed by atoms with Gasteiger partial charge in [-0.3, -0.25) is 9.69 Å². The number of piperidine rings is 1. The quantitative estimate of drug-likeness (QED) is 0.741. The van der Waals surface area contributed by atoms with Crippen LogP contribution < -0.4 is 5.32 Å². The van der Waals surface area contributed by atoms with Crippen LogP contribution in [0.4, 0.5) is 0 Å². The van der Waals surface area contributed by atoms with Crippen LogP contribution in [0.5, 0.6) is 0 Å². The number of carbonyl (C=O) groups is 1. The van der Waals surface area contributed by atoms with Gasteiger partial charge in [0.25, 0.3) is 0 Å². The molecule has 0 saturated carbocycles. The number of hydrogen-bond donors (Lipinski definition) is 1. The molecule has 1 atom stereocenters. The van der Waals surface area contributed by atoms with Crippen LogP contribution in [0.2, 0.25) is 0 Å². The van der Waals surface area contributed by atoms with Crippen LogP contribution >= 0.6 is 0 Å². The van der Waals surface area contributed by atoms with Crippen LogP contribution in [0.25, 0.3) is 0 Å². The Morgan fingerprint density at radius 2 is 1.81 bits per heavy atom. The molecular formula is C12H26N2O2. The molecule has 4 nitrogen and oxygen atoms in total. The lowest BCUT2D eigenvalue weighted by atomic mass is 10.1. The maximum absolute atomic E-state index is 11.4. The van der Waals surface area contributed by atoms with Crippen molar-refractivity contribution in [3.63, 3.8) is 0 Å². The van der Waals surface area contributed by atoms with Crippen LogP contribution in [0.1, 0.15) is 33.1 Å². The molecule has 0 bridgehead atoms. The molecule has 0 amide bonds. The highest BCUT2D eigenvalue weighted by atomic mass is 16.5. The van der Waals surface area contributed by atoms with E-state index >= 15 is 0 Å². The summed E-state index contributed by atoms with van der Waals surface area (Å²) in [6, 6.07) is -0.0553. The fourth-order valence-electron chi connectivity index (χ4n) is 1.72. The van der Waals surface area contributed by atoms with E-state index in [9.17, 15) is 4.79 Å². The first-order chi connectivity index (χ1) is 7.67. The summed E-state index contributed by atoms with van der Waals surface area (Å²) >= 11 is 0. The molecule has 1 aliphatic rings. The molecule has 0 aromatic carbocycles. The molecule has 1 heterocycles. The lowest BCUT2D eigenvalue weighted by molar-refractivity contribution is -0.149. The summed E-state index contributed by atoms with van der Waals surface area (Å²) < 4.78 is 4.98. The van der Waals surface area contributed by atoms with Gasteiger partial charge in [-0.05, 0) is 53.9 Å². The van der Waals surface area contributed by atoms with Gasteiger partial charge >= 0.3 is 5.97 Å². The van der Waals surface area contributed by atoms with E-state index in [1.807, 2.05) is 27.9 Å². The van der Waals surface area contributed by atoms with Gasteiger partial charge in [0.1, 0.15) is 6.04 Å². The molecule has 1 N–H and O–H groups in total. The molecular weight excluding hydrogens is 204 g/mol. The Balaban J connectivity index is 0.000000673. The van der Waals surface area contributed by atoms with Crippen LogP contribution in [0.3, 0.4) is 0 Å². The lowest BCUT2D eigenvalue weighted by Crippen LogP contribution is -2.42. The smallest absolute Gasteiger partial charge is 0.323 e. The Morgan fingerprint density at radius 3 is 2.25 bits per heavy atom. The Morgan fingerprint density at radius 1 is 1.31 bits per heavy atom. The molecule has 96 valence electrons. The third-order valence-corrected chi connectivity index (χ3v) is 2.57. The molecule has 0 aromatic heterocycles. The van der Waals surface area contributed by atoms with E-state index in [4.69, 9.17) is 4.74 Å². The summed E-state index contributed by atoms with van der Waals surface area (Å²) in [4.78, 5) is 13.6. The van der Waals surface area contributed by atoms with Crippen molar-refractivity contribution in [1.29, 1.82) is 0 Å². The minimum atomic E-state index is -0.0793. The van der Waals surface area contributed by atoms with Crippen LogP contribution in [0, 0.1) is 0 Å². The van der Waals surface area contributed by atoms with E-state index in [0.29, 0.717) is 6.61 Å². The predicted molar refractivity (Wildman–Crippen MR) is 66.5 cm³/mol. The van der Waals surface area contributed by atoms with Gasteiger partial charge in [-0.25, -0.2) is 0 Å². The molecule has 4 heteroatoms. The number of rotatable bonds is 3. The maximum Gasteiger partial charge on any atom is 0.323 e. The second-order valence-corrected chi connectivity index (χ2v) is 4.02. The molecule has 16 heavy (non-hydrogen) atoms. The van der Waals surface area contributed by atoms with E-state index in [2.05, 4.69) is 10.2 Å². The van der Waals surface area contributed by atoms with E-state index in [1.165, 1.54) is 19.3 Å². The molecule has 1 fully saturated rings. The average molecular weight is 230 g/mol. The van der Waals surface area contributed by atoms with E-state index in [1.54, 1.807) is 0 Å². The van der Waals surface area contributed by atoms with Gasteiger partial charge in [0, 0.05) is 0 Å². The van der Waals surface area contributed by atoms with Crippen molar-refractivity contribution in [2.24, 2.45) is 0 Å². The van der Waals surface area contributed by atoms with Gasteiger partial charge in [-0.2, -0.15) is 0 Å². The number of nitrogens with one attached hydrogen (secondary N) is 1. The standard InChI is InChI=1S/C10H19NO2.C2H7N/c1-3-13-10(12)9(2)11-7-5-4-6-8-11;1-3-2/h9H,3-8H2,1-2H3;3H,1-2H3. The molecule has 0 aromatic rings. The molecule has 1 saturated heterocycles. The fourth-order valence-corrected chi connectivity index (χ4v) is 1.72. The highest BCUT2D eigenvalue weighted by Gasteiger charge is 2.23. The molecule has 1 unspecified atom stereocenters. The SMILES string of the molecule is CCOC(=O)C(C)N1CCCCC1.CNC. The minimum Gasteiger partial charge on any atom is -0.465 e. The highest BCUT2D eigenvalue weighted by Crippen LogP contribution is 2.12. The number of esters is 1. The van der Waals surface area contributed by atoms with Crippen LogP contribution in [0.15, 0.2) is 0 Å². The fraction of sp³-hybridized carbons (Fsp3) is 0.917. The number of carbonyl (C=O) groups excluding carboxylic acids is 1. The Labute approximate surface area is 99.3 Å². The summed E-state index contributed by atoms with van der Waals surface area (Å²) in [6.45, 7) is 6.35. The van der Waals surface area contributed by atoms with E-state index in [-0.39, 0.29) is 12.0 Å². The number of hydrogen-bond acceptors (Lipinski definition) is 4. The van der Waals surface area contributed by atoms with Crippen molar-refractivity contribution in [1.82, 2.24) is 10.2 Å². The zero-order valence-corrected chi connectivity index (χ0v) is 11.1. The normalized spacial score (nSPS) is 18.2. The number of nitrogens with zero attached hydrogens (tertiary/aromatic N) is 1. The Bertz CT molecular complexity index is 180. The van der Waals surface area contributed by atoms with Crippen molar-refractivity contribution in [3.05, 3.63) is 0 Å². The first kappa shape index (κ1) is 15.4. The van der Waals surface area contributed by atoms with Gasteiger partial charge in [-0.15, -0.1) is 0 Å². The lowest BCUT2D eigenvalue weighted by Gasteiger charge is -2.30. The van der Waals surface area contributed by atoms with Crippen molar-refractivity contribution < 1.29 is 9.53 Å². The van der Waals surface area contributed by atoms with Gasteiger partial charge in [0.2, 0.25) is 0 Å². The number of ether oxygens (including phenoxy) is 1. The third kappa shape index (κ3) is 6.08. The maximum atomic E-state index is 11.4. The van der Waals surface area contributed by atoms with E-state index in [0.717, 1.165) is 13.1 Å². The molecule has 0 aliphatic carbocycles. The van der Waals surface area contributed by atoms with Crippen LogP contribution in [-0.2, 0) is 9.53 Å². The van der Waals surface area contributed by atoms with Crippen molar-refractivity contribution in [2.45, 2.75) is 39.2 Å². The van der Waals surface area contributed by atoms with Crippen molar-refractivity contribution in [3.8, 4) is 0 Å². The van der Waals surface area contributed by atoms with Gasteiger partial charge < -0.3 is 10.1 Å². The molecule has 0 spiro atoms. The van der Waals surface area contributed by atoms with Crippen molar-refractivity contribution in [2.75, 3.05) is 33.8 Å². The predicted octanol–water partition coefficient (Wildman–Crippen LogP) is 1.26. The first-order valence-corrected chi connectivity index (χ1v) is 6.16. The summed E-state index contributed by atoms with van der Waals surface area (Å²) in [6.07, 6.45) is 3.72. The highest BCUT2D eigenvalue weighted by molar-refractivity contribution is 5.75. The Kier molecular flexibility index (Phi) is 9.24. The summed E-state index contributed by atoms with van der Waals surface area (Å²) in [5.74, 6) is -0.0793. The molecule has 1 aliphatic heterocycles. The largest absolute Gasteiger partial charge is 0.465 e. The second-order valence-electron chi connectivity index (χ2n) is 4.02. The Hall–Kier alpha value is -0.610. The topological polar surface area (TPSA) is 41.6 Å². The number of likely N-dealkylation sites (tertiary alicyclic amines) is 1. The first-order valence-electron chi connectivity index (χ1n) is 6.16. The zero-order valence-electron chi connectivity index (χ0n) is 11.1. The molecule has 0 radical (unpaired) electrons. The summed E-state index contributed by atoms with van der Waals surface area (Å²) in [5, 5.41) is 2.75. The van der Waals surface area contributed by atoms with E-state index < -0.39 is 0 Å². The van der Waals surface area contributed by atoms with Crippen LogP contribution in [-0.4, -0.2) is 50.7 Å². The summed E-state index contributed by atoms with van der Waals surface area (Å²) in [7, 11) is 3.75. The zero-order chi connectivity index (χ0) is 12.4. The minimum absolute atomic E-state index is 0.0553. The van der Waals surface area contributed by atoms with Gasteiger partial charge in [0.05, 0.1) is 6.61 Å². The van der Waals surface area contributed by atoms with Gasteiger partial charge in [-0.1, -0.05) is 6.42 Å². The average Bonchev–Trinajstić information content (AvgIpc) is 2.30. The van der Waals surface area contributed by atoms with Crippen molar-refractivity contribution >= 4 is 5.97 Å². The summed E-state index contributed by atoms with van der Waals surface area (Å²) in [5.41, 5.74) is 0. The monoisotopic (exact) mass is 230 g/mol.